The Labute approximate surface area is 164 Å². The minimum absolute atomic E-state index is 0.490. The van der Waals surface area contributed by atoms with Gasteiger partial charge in [0.05, 0.1) is 5.60 Å². The van der Waals surface area contributed by atoms with Gasteiger partial charge in [-0.15, -0.1) is 0 Å². The summed E-state index contributed by atoms with van der Waals surface area (Å²) >= 11 is 6.52. The Morgan fingerprint density at radius 1 is 1.37 bits per heavy atom. The van der Waals surface area contributed by atoms with Gasteiger partial charge in [0.25, 0.3) is 0 Å². The maximum Gasteiger partial charge on any atom is 0.0924 e. The van der Waals surface area contributed by atoms with Crippen molar-refractivity contribution in [2.75, 3.05) is 13.1 Å². The van der Waals surface area contributed by atoms with Gasteiger partial charge in [-0.05, 0) is 55.6 Å². The van der Waals surface area contributed by atoms with Crippen LogP contribution >= 0.6 is 11.6 Å². The lowest BCUT2D eigenvalue weighted by Crippen LogP contribution is -2.30. The minimum Gasteiger partial charge on any atom is -0.385 e. The number of aromatic nitrogens is 2. The standard InChI is InChI=1S/C22H24ClN3O/c1-22(27,15-4-2-7-24-13-15)12-14-10-16(23)11-17-20-18(25-21(14)17)6-9-26-8-3-5-19(20)26/h2,4,7,10-11,13,19,25,27H,3,5-6,8-9,12H2,1H3. The summed E-state index contributed by atoms with van der Waals surface area (Å²) in [5, 5.41) is 13.1. The molecule has 5 rings (SSSR count). The molecule has 1 aromatic carbocycles. The van der Waals surface area contributed by atoms with E-state index in [0.717, 1.165) is 34.6 Å². The van der Waals surface area contributed by atoms with E-state index < -0.39 is 5.60 Å². The van der Waals surface area contributed by atoms with Gasteiger partial charge < -0.3 is 10.1 Å². The Kier molecular flexibility index (Phi) is 4.04. The summed E-state index contributed by atoms with van der Waals surface area (Å²) in [7, 11) is 0. The molecule has 0 aliphatic carbocycles. The van der Waals surface area contributed by atoms with E-state index >= 15 is 0 Å². The number of fused-ring (bicyclic) bond motifs is 5. The highest BCUT2D eigenvalue weighted by atomic mass is 35.5. The normalized spacial score (nSPS) is 21.8. The Balaban J connectivity index is 1.62. The van der Waals surface area contributed by atoms with Gasteiger partial charge in [-0.25, -0.2) is 0 Å². The van der Waals surface area contributed by atoms with Crippen molar-refractivity contribution in [3.63, 3.8) is 0 Å². The van der Waals surface area contributed by atoms with Gasteiger partial charge in [0.15, 0.2) is 0 Å². The summed E-state index contributed by atoms with van der Waals surface area (Å²) in [6, 6.07) is 8.37. The van der Waals surface area contributed by atoms with Crippen molar-refractivity contribution in [3.8, 4) is 0 Å². The predicted molar refractivity (Wildman–Crippen MR) is 108 cm³/mol. The van der Waals surface area contributed by atoms with Crippen molar-refractivity contribution in [1.82, 2.24) is 14.9 Å². The van der Waals surface area contributed by atoms with Crippen LogP contribution in [0, 0.1) is 0 Å². The molecular formula is C22H24ClN3O. The summed E-state index contributed by atoms with van der Waals surface area (Å²) in [4.78, 5) is 10.4. The highest BCUT2D eigenvalue weighted by Gasteiger charge is 2.34. The molecule has 5 heteroatoms. The van der Waals surface area contributed by atoms with Crippen molar-refractivity contribution in [1.29, 1.82) is 0 Å². The molecule has 2 aliphatic heterocycles. The van der Waals surface area contributed by atoms with Gasteiger partial charge in [-0.2, -0.15) is 0 Å². The number of halogens is 1. The van der Waals surface area contributed by atoms with Crippen molar-refractivity contribution in [2.45, 2.75) is 44.2 Å². The van der Waals surface area contributed by atoms with Crippen LogP contribution in [-0.4, -0.2) is 33.1 Å². The lowest BCUT2D eigenvalue weighted by molar-refractivity contribution is 0.0576. The highest BCUT2D eigenvalue weighted by molar-refractivity contribution is 6.31. The molecule has 0 saturated carbocycles. The molecule has 4 nitrogen and oxygen atoms in total. The first kappa shape index (κ1) is 17.2. The van der Waals surface area contributed by atoms with Crippen molar-refractivity contribution in [3.05, 3.63) is 64.1 Å². The van der Waals surface area contributed by atoms with E-state index in [0.29, 0.717) is 12.5 Å². The zero-order valence-electron chi connectivity index (χ0n) is 15.5. The van der Waals surface area contributed by atoms with Crippen LogP contribution in [0.25, 0.3) is 10.9 Å². The monoisotopic (exact) mass is 381 g/mol. The maximum atomic E-state index is 11.1. The number of hydrogen-bond acceptors (Lipinski definition) is 3. The second-order valence-corrected chi connectivity index (χ2v) is 8.58. The number of aliphatic hydroxyl groups is 1. The van der Waals surface area contributed by atoms with Gasteiger partial charge >= 0.3 is 0 Å². The third-order valence-corrected chi connectivity index (χ3v) is 6.46. The van der Waals surface area contributed by atoms with Crippen LogP contribution in [0.15, 0.2) is 36.7 Å². The molecule has 1 fully saturated rings. The fourth-order valence-electron chi connectivity index (χ4n) is 4.95. The van der Waals surface area contributed by atoms with Crippen LogP contribution in [-0.2, 0) is 18.4 Å². The highest BCUT2D eigenvalue weighted by Crippen LogP contribution is 2.43. The first-order valence-electron chi connectivity index (χ1n) is 9.73. The molecule has 1 saturated heterocycles. The van der Waals surface area contributed by atoms with E-state index in [2.05, 4.69) is 20.9 Å². The number of nitrogens with zero attached hydrogens (tertiary/aromatic N) is 2. The summed E-state index contributed by atoms with van der Waals surface area (Å²) in [6.45, 7) is 4.17. The summed E-state index contributed by atoms with van der Waals surface area (Å²) < 4.78 is 0. The van der Waals surface area contributed by atoms with E-state index in [1.165, 1.54) is 36.0 Å². The molecule has 2 atom stereocenters. The van der Waals surface area contributed by atoms with E-state index in [9.17, 15) is 5.11 Å². The molecule has 3 aromatic rings. The molecule has 27 heavy (non-hydrogen) atoms. The van der Waals surface area contributed by atoms with E-state index in [-0.39, 0.29) is 0 Å². The van der Waals surface area contributed by atoms with Crippen molar-refractivity contribution < 1.29 is 5.11 Å². The van der Waals surface area contributed by atoms with Crippen LogP contribution in [0.3, 0.4) is 0 Å². The number of nitrogens with one attached hydrogen (secondary N) is 1. The van der Waals surface area contributed by atoms with E-state index in [1.807, 2.05) is 25.1 Å². The lowest BCUT2D eigenvalue weighted by atomic mass is 9.88. The van der Waals surface area contributed by atoms with Crippen molar-refractivity contribution in [2.24, 2.45) is 0 Å². The molecule has 2 aliphatic rings. The first-order chi connectivity index (χ1) is 13.0. The van der Waals surface area contributed by atoms with Crippen molar-refractivity contribution >= 4 is 22.5 Å². The quantitative estimate of drug-likeness (QED) is 0.708. The minimum atomic E-state index is -1.00. The molecule has 2 unspecified atom stereocenters. The average molecular weight is 382 g/mol. The van der Waals surface area contributed by atoms with Crippen LogP contribution < -0.4 is 0 Å². The van der Waals surface area contributed by atoms with E-state index in [4.69, 9.17) is 11.6 Å². The molecule has 2 N–H and O–H groups in total. The summed E-state index contributed by atoms with van der Waals surface area (Å²) in [5.41, 5.74) is 4.77. The molecule has 0 amide bonds. The van der Waals surface area contributed by atoms with Gasteiger partial charge in [0.2, 0.25) is 0 Å². The zero-order chi connectivity index (χ0) is 18.6. The average Bonchev–Trinajstić information content (AvgIpc) is 3.26. The van der Waals surface area contributed by atoms with Crippen LogP contribution in [0.2, 0.25) is 5.02 Å². The maximum absolute atomic E-state index is 11.1. The number of aromatic amines is 1. The third-order valence-electron chi connectivity index (χ3n) is 6.24. The largest absolute Gasteiger partial charge is 0.385 e. The SMILES string of the molecule is CC(O)(Cc1cc(Cl)cc2c3c([nH]c12)CCN1CCCC31)c1cccnc1. The number of pyridine rings is 1. The molecule has 0 bridgehead atoms. The van der Waals surface area contributed by atoms with Crippen LogP contribution in [0.5, 0.6) is 0 Å². The number of benzene rings is 1. The molecule has 2 aromatic heterocycles. The first-order valence-corrected chi connectivity index (χ1v) is 10.1. The second kappa shape index (κ2) is 6.33. The summed E-state index contributed by atoms with van der Waals surface area (Å²) in [6.07, 6.45) is 7.48. The Morgan fingerprint density at radius 3 is 3.07 bits per heavy atom. The number of hydrogen-bond donors (Lipinski definition) is 2. The predicted octanol–water partition coefficient (Wildman–Crippen LogP) is 4.36. The Hall–Kier alpha value is -1.88. The van der Waals surface area contributed by atoms with Gasteiger partial charge in [-0.3, -0.25) is 9.88 Å². The Morgan fingerprint density at radius 2 is 2.26 bits per heavy atom. The fraction of sp³-hybridized carbons (Fsp3) is 0.409. The molecular weight excluding hydrogens is 358 g/mol. The number of H-pyrrole nitrogens is 1. The van der Waals surface area contributed by atoms with Crippen LogP contribution in [0.4, 0.5) is 0 Å². The van der Waals surface area contributed by atoms with Gasteiger partial charge in [-0.1, -0.05) is 17.7 Å². The van der Waals surface area contributed by atoms with Gasteiger partial charge in [0, 0.05) is 65.0 Å². The second-order valence-electron chi connectivity index (χ2n) is 8.14. The van der Waals surface area contributed by atoms with E-state index in [1.54, 1.807) is 12.4 Å². The number of rotatable bonds is 3. The zero-order valence-corrected chi connectivity index (χ0v) is 16.3. The topological polar surface area (TPSA) is 52.1 Å². The smallest absolute Gasteiger partial charge is 0.0924 e. The summed E-state index contributed by atoms with van der Waals surface area (Å²) in [5.74, 6) is 0. The molecule has 0 spiro atoms. The Bertz CT molecular complexity index is 996. The molecule has 0 radical (unpaired) electrons. The molecule has 4 heterocycles. The lowest BCUT2D eigenvalue weighted by Gasteiger charge is -2.30. The van der Waals surface area contributed by atoms with Gasteiger partial charge in [0.1, 0.15) is 0 Å². The van der Waals surface area contributed by atoms with Crippen LogP contribution in [0.1, 0.15) is 48.2 Å². The third kappa shape index (κ3) is 2.87. The fourth-order valence-corrected chi connectivity index (χ4v) is 5.19. The molecule has 140 valence electrons.